The normalized spacial score (nSPS) is 16.7. The number of likely N-dealkylation sites (tertiary alicyclic amines) is 1. The van der Waals surface area contributed by atoms with Gasteiger partial charge < -0.3 is 4.90 Å². The summed E-state index contributed by atoms with van der Waals surface area (Å²) in [5, 5.41) is 2.02. The van der Waals surface area contributed by atoms with E-state index in [1.54, 1.807) is 11.3 Å². The summed E-state index contributed by atoms with van der Waals surface area (Å²) in [6, 6.07) is 0. The maximum Gasteiger partial charge on any atom is 0.222 e. The summed E-state index contributed by atoms with van der Waals surface area (Å²) in [6.45, 7) is 1.91. The minimum atomic E-state index is 0.294. The Balaban J connectivity index is 1.76. The van der Waals surface area contributed by atoms with E-state index in [-0.39, 0.29) is 0 Å². The number of nitrogens with zero attached hydrogens (tertiary/aromatic N) is 2. The number of piperidine rings is 1. The van der Waals surface area contributed by atoms with Crippen molar-refractivity contribution in [1.29, 1.82) is 0 Å². The zero-order chi connectivity index (χ0) is 10.5. The predicted octanol–water partition coefficient (Wildman–Crippen LogP) is 2.09. The maximum absolute atomic E-state index is 11.8. The summed E-state index contributed by atoms with van der Waals surface area (Å²) in [5.74, 6) is 0.294. The molecule has 0 aliphatic carbocycles. The lowest BCUT2D eigenvalue weighted by molar-refractivity contribution is -0.132. The Morgan fingerprint density at radius 1 is 1.40 bits per heavy atom. The van der Waals surface area contributed by atoms with E-state index in [0.717, 1.165) is 25.2 Å². The molecule has 3 nitrogen and oxygen atoms in total. The Morgan fingerprint density at radius 2 is 2.20 bits per heavy atom. The van der Waals surface area contributed by atoms with Crippen molar-refractivity contribution in [3.63, 3.8) is 0 Å². The molecular weight excluding hydrogens is 208 g/mol. The predicted molar refractivity (Wildman–Crippen MR) is 60.9 cm³/mol. The Bertz CT molecular complexity index is 304. The molecule has 0 N–H and O–H groups in total. The van der Waals surface area contributed by atoms with Gasteiger partial charge in [0.1, 0.15) is 0 Å². The second-order valence-corrected chi connectivity index (χ2v) is 4.64. The molecule has 1 aromatic rings. The number of aryl methyl sites for hydroxylation is 1. The molecule has 2 heterocycles. The summed E-state index contributed by atoms with van der Waals surface area (Å²) >= 11 is 1.59. The molecule has 1 fully saturated rings. The largest absolute Gasteiger partial charge is 0.343 e. The van der Waals surface area contributed by atoms with Crippen LogP contribution >= 0.6 is 11.3 Å². The van der Waals surface area contributed by atoms with Gasteiger partial charge in [-0.15, -0.1) is 11.3 Å². The molecule has 0 saturated carbocycles. The Kier molecular flexibility index (Phi) is 3.72. The number of carbonyl (C=O) groups excluding carboxylic acids is 1. The van der Waals surface area contributed by atoms with E-state index >= 15 is 0 Å². The maximum atomic E-state index is 11.8. The summed E-state index contributed by atoms with van der Waals surface area (Å²) in [7, 11) is 0. The molecule has 0 spiro atoms. The smallest absolute Gasteiger partial charge is 0.222 e. The van der Waals surface area contributed by atoms with Crippen molar-refractivity contribution in [3.05, 3.63) is 16.6 Å². The van der Waals surface area contributed by atoms with Gasteiger partial charge in [0.2, 0.25) is 5.91 Å². The van der Waals surface area contributed by atoms with E-state index in [0.29, 0.717) is 12.3 Å². The van der Waals surface area contributed by atoms with Gasteiger partial charge in [0, 0.05) is 24.9 Å². The first kappa shape index (κ1) is 10.6. The molecule has 0 bridgehead atoms. The number of carbonyl (C=O) groups is 1. The van der Waals surface area contributed by atoms with Crippen LogP contribution in [0.1, 0.15) is 31.4 Å². The van der Waals surface area contributed by atoms with Crippen LogP contribution in [0.4, 0.5) is 0 Å². The minimum absolute atomic E-state index is 0.294. The number of hydrogen-bond acceptors (Lipinski definition) is 3. The van der Waals surface area contributed by atoms with E-state index in [9.17, 15) is 4.79 Å². The van der Waals surface area contributed by atoms with E-state index in [4.69, 9.17) is 0 Å². The van der Waals surface area contributed by atoms with Crippen molar-refractivity contribution >= 4 is 17.2 Å². The molecule has 1 aliphatic heterocycles. The van der Waals surface area contributed by atoms with Crippen molar-refractivity contribution < 1.29 is 4.79 Å². The Hall–Kier alpha value is -0.900. The highest BCUT2D eigenvalue weighted by atomic mass is 32.1. The van der Waals surface area contributed by atoms with Crippen LogP contribution in [0.3, 0.4) is 0 Å². The van der Waals surface area contributed by atoms with Crippen LogP contribution in [0.15, 0.2) is 10.9 Å². The van der Waals surface area contributed by atoms with Crippen molar-refractivity contribution in [2.24, 2.45) is 0 Å². The molecule has 0 radical (unpaired) electrons. The molecular formula is C11H16N2OS. The van der Waals surface area contributed by atoms with Gasteiger partial charge in [0.05, 0.1) is 11.2 Å². The lowest BCUT2D eigenvalue weighted by atomic mass is 10.1. The summed E-state index contributed by atoms with van der Waals surface area (Å²) < 4.78 is 0. The van der Waals surface area contributed by atoms with Crippen LogP contribution in [0.2, 0.25) is 0 Å². The van der Waals surface area contributed by atoms with Crippen molar-refractivity contribution in [2.45, 2.75) is 32.1 Å². The molecule has 0 atom stereocenters. The van der Waals surface area contributed by atoms with Crippen LogP contribution in [-0.2, 0) is 11.2 Å². The third kappa shape index (κ3) is 3.02. The summed E-state index contributed by atoms with van der Waals surface area (Å²) in [4.78, 5) is 18.0. The molecule has 1 aromatic heterocycles. The van der Waals surface area contributed by atoms with E-state index in [1.165, 1.54) is 19.3 Å². The van der Waals surface area contributed by atoms with Crippen molar-refractivity contribution in [3.8, 4) is 0 Å². The average molecular weight is 224 g/mol. The van der Waals surface area contributed by atoms with E-state index in [2.05, 4.69) is 4.98 Å². The third-order valence-electron chi connectivity index (χ3n) is 2.79. The standard InChI is InChI=1S/C11H16N2OS/c14-11(13-6-2-1-3-7-13)5-4-10-8-15-9-12-10/h8-9H,1-7H2. The van der Waals surface area contributed by atoms with E-state index < -0.39 is 0 Å². The molecule has 4 heteroatoms. The van der Waals surface area contributed by atoms with Gasteiger partial charge in [0.15, 0.2) is 0 Å². The lowest BCUT2D eigenvalue weighted by Crippen LogP contribution is -2.35. The number of aromatic nitrogens is 1. The molecule has 1 amide bonds. The molecule has 15 heavy (non-hydrogen) atoms. The third-order valence-corrected chi connectivity index (χ3v) is 3.42. The minimum Gasteiger partial charge on any atom is -0.343 e. The molecule has 2 rings (SSSR count). The Labute approximate surface area is 94.1 Å². The van der Waals surface area contributed by atoms with Gasteiger partial charge in [-0.05, 0) is 25.7 Å². The van der Waals surface area contributed by atoms with Gasteiger partial charge >= 0.3 is 0 Å². The lowest BCUT2D eigenvalue weighted by Gasteiger charge is -2.26. The summed E-state index contributed by atoms with van der Waals surface area (Å²) in [5.41, 5.74) is 2.87. The van der Waals surface area contributed by atoms with Crippen molar-refractivity contribution in [1.82, 2.24) is 9.88 Å². The molecule has 1 aliphatic rings. The van der Waals surface area contributed by atoms with Crippen LogP contribution in [-0.4, -0.2) is 28.9 Å². The van der Waals surface area contributed by atoms with Gasteiger partial charge in [-0.2, -0.15) is 0 Å². The van der Waals surface area contributed by atoms with Crippen LogP contribution in [0.25, 0.3) is 0 Å². The average Bonchev–Trinajstić information content (AvgIpc) is 2.80. The fraction of sp³-hybridized carbons (Fsp3) is 0.636. The fourth-order valence-corrected chi connectivity index (χ4v) is 2.49. The second kappa shape index (κ2) is 5.26. The SMILES string of the molecule is O=C(CCc1cscn1)N1CCCCC1. The fourth-order valence-electron chi connectivity index (χ4n) is 1.90. The number of hydrogen-bond donors (Lipinski definition) is 0. The number of thiazole rings is 1. The highest BCUT2D eigenvalue weighted by molar-refractivity contribution is 7.07. The van der Waals surface area contributed by atoms with Crippen LogP contribution in [0.5, 0.6) is 0 Å². The van der Waals surface area contributed by atoms with Gasteiger partial charge in [-0.1, -0.05) is 0 Å². The number of rotatable bonds is 3. The first-order chi connectivity index (χ1) is 7.36. The zero-order valence-electron chi connectivity index (χ0n) is 8.82. The van der Waals surface area contributed by atoms with E-state index in [1.807, 2.05) is 15.8 Å². The quantitative estimate of drug-likeness (QED) is 0.787. The zero-order valence-corrected chi connectivity index (χ0v) is 9.63. The molecule has 0 unspecified atom stereocenters. The Morgan fingerprint density at radius 3 is 2.87 bits per heavy atom. The highest BCUT2D eigenvalue weighted by Crippen LogP contribution is 2.11. The van der Waals surface area contributed by atoms with Crippen molar-refractivity contribution in [2.75, 3.05) is 13.1 Å². The molecule has 82 valence electrons. The molecule has 1 saturated heterocycles. The second-order valence-electron chi connectivity index (χ2n) is 3.92. The van der Waals surface area contributed by atoms with Gasteiger partial charge in [0.25, 0.3) is 0 Å². The van der Waals surface area contributed by atoms with Gasteiger partial charge in [-0.25, -0.2) is 4.98 Å². The van der Waals surface area contributed by atoms with Gasteiger partial charge in [-0.3, -0.25) is 4.79 Å². The monoisotopic (exact) mass is 224 g/mol. The van der Waals surface area contributed by atoms with Crippen LogP contribution < -0.4 is 0 Å². The highest BCUT2D eigenvalue weighted by Gasteiger charge is 2.15. The van der Waals surface area contributed by atoms with Crippen LogP contribution in [0, 0.1) is 0 Å². The summed E-state index contributed by atoms with van der Waals surface area (Å²) in [6.07, 6.45) is 5.02. The number of amides is 1. The topological polar surface area (TPSA) is 33.2 Å². The first-order valence-electron chi connectivity index (χ1n) is 5.51. The molecule has 0 aromatic carbocycles. The first-order valence-corrected chi connectivity index (χ1v) is 6.45.